The van der Waals surface area contributed by atoms with Crippen LogP contribution < -0.4 is 20.4 Å². The summed E-state index contributed by atoms with van der Waals surface area (Å²) < 4.78 is 2.15. The summed E-state index contributed by atoms with van der Waals surface area (Å²) >= 11 is 0. The number of anilines is 4. The maximum absolute atomic E-state index is 4.71. The predicted molar refractivity (Wildman–Crippen MR) is 226 cm³/mol. The Morgan fingerprint density at radius 1 is 0.527 bits per heavy atom. The quantitative estimate of drug-likeness (QED) is 0.154. The van der Waals surface area contributed by atoms with Gasteiger partial charge in [-0.15, -0.1) is 5.10 Å². The van der Waals surface area contributed by atoms with Gasteiger partial charge in [-0.25, -0.2) is 4.98 Å². The molecule has 0 spiro atoms. The van der Waals surface area contributed by atoms with E-state index in [1.807, 2.05) is 14.1 Å². The van der Waals surface area contributed by atoms with Gasteiger partial charge < -0.3 is 20.4 Å². The summed E-state index contributed by atoms with van der Waals surface area (Å²) in [4.78, 5) is 9.26. The summed E-state index contributed by atoms with van der Waals surface area (Å²) in [5.41, 5.74) is 17.3. The number of nitrogens with one attached hydrogen (secondary N) is 2. The van der Waals surface area contributed by atoms with E-state index < -0.39 is 0 Å². The van der Waals surface area contributed by atoms with Crippen molar-refractivity contribution in [1.82, 2.24) is 30.4 Å². The van der Waals surface area contributed by atoms with Crippen molar-refractivity contribution >= 4 is 44.6 Å². The molecule has 6 aromatic carbocycles. The second kappa shape index (κ2) is 13.2. The monoisotopic (exact) mass is 718 g/mol. The van der Waals surface area contributed by atoms with Crippen LogP contribution in [0.5, 0.6) is 0 Å². The molecule has 2 N–H and O–H groups in total. The van der Waals surface area contributed by atoms with Crippen molar-refractivity contribution in [2.75, 3.05) is 51.1 Å². The average molecular weight is 719 g/mol. The first-order valence-electron chi connectivity index (χ1n) is 19.0. The summed E-state index contributed by atoms with van der Waals surface area (Å²) in [5.74, 6) is 1.16. The van der Waals surface area contributed by atoms with Crippen molar-refractivity contribution in [3.8, 4) is 28.2 Å². The van der Waals surface area contributed by atoms with E-state index >= 15 is 0 Å². The SMILES string of the molecule is CNCC1c2ccccc2-c2ccc(N(C)c3ccc4c5ccc(N(C)c6ccc7c(c6)C(CNC)c6ccccc6-7)cc5n(-c5nccnn5)c4c3)cc21. The summed E-state index contributed by atoms with van der Waals surface area (Å²) in [6.07, 6.45) is 3.33. The number of nitrogens with zero attached hydrogens (tertiary/aromatic N) is 6. The molecule has 0 saturated carbocycles. The van der Waals surface area contributed by atoms with Crippen LogP contribution in [0.4, 0.5) is 22.7 Å². The van der Waals surface area contributed by atoms with Crippen LogP contribution in [0.25, 0.3) is 50.0 Å². The number of benzene rings is 6. The first kappa shape index (κ1) is 33.2. The Hall–Kier alpha value is -6.35. The van der Waals surface area contributed by atoms with Crippen molar-refractivity contribution < 1.29 is 0 Å². The van der Waals surface area contributed by atoms with Gasteiger partial charge in [0.2, 0.25) is 0 Å². The van der Waals surface area contributed by atoms with Gasteiger partial charge in [0, 0.05) is 72.5 Å². The van der Waals surface area contributed by atoms with E-state index in [2.05, 4.69) is 171 Å². The molecular formula is C47H42N8. The molecule has 8 aromatic rings. The topological polar surface area (TPSA) is 74.1 Å². The molecule has 0 radical (unpaired) electrons. The minimum absolute atomic E-state index is 0.312. The summed E-state index contributed by atoms with van der Waals surface area (Å²) in [5, 5.41) is 17.9. The summed E-state index contributed by atoms with van der Waals surface area (Å²) in [6, 6.07) is 44.8. The third kappa shape index (κ3) is 5.24. The zero-order chi connectivity index (χ0) is 37.2. The molecule has 2 aromatic heterocycles. The lowest BCUT2D eigenvalue weighted by Gasteiger charge is -2.22. The molecule has 55 heavy (non-hydrogen) atoms. The first-order valence-corrected chi connectivity index (χ1v) is 19.0. The highest BCUT2D eigenvalue weighted by molar-refractivity contribution is 6.11. The number of hydrogen-bond donors (Lipinski definition) is 2. The zero-order valence-corrected chi connectivity index (χ0v) is 31.5. The van der Waals surface area contributed by atoms with Crippen molar-refractivity contribution in [3.63, 3.8) is 0 Å². The van der Waals surface area contributed by atoms with Gasteiger partial charge in [0.05, 0.1) is 23.4 Å². The number of aromatic nitrogens is 4. The van der Waals surface area contributed by atoms with E-state index in [0.717, 1.165) is 57.6 Å². The van der Waals surface area contributed by atoms with Crippen LogP contribution in [0.3, 0.4) is 0 Å². The fourth-order valence-electron chi connectivity index (χ4n) is 9.13. The van der Waals surface area contributed by atoms with Crippen molar-refractivity contribution in [1.29, 1.82) is 0 Å². The van der Waals surface area contributed by atoms with E-state index in [9.17, 15) is 0 Å². The van der Waals surface area contributed by atoms with E-state index in [1.54, 1.807) is 12.4 Å². The van der Waals surface area contributed by atoms with E-state index in [0.29, 0.717) is 17.8 Å². The van der Waals surface area contributed by atoms with Gasteiger partial charge >= 0.3 is 0 Å². The Morgan fingerprint density at radius 3 is 1.45 bits per heavy atom. The number of fused-ring (bicyclic) bond motifs is 9. The molecule has 2 unspecified atom stereocenters. The zero-order valence-electron chi connectivity index (χ0n) is 31.5. The summed E-state index contributed by atoms with van der Waals surface area (Å²) in [6.45, 7) is 1.78. The van der Waals surface area contributed by atoms with Crippen LogP contribution in [0.15, 0.2) is 134 Å². The molecule has 2 atom stereocenters. The largest absolute Gasteiger partial charge is 0.345 e. The summed E-state index contributed by atoms with van der Waals surface area (Å²) in [7, 11) is 8.36. The van der Waals surface area contributed by atoms with Crippen LogP contribution in [-0.2, 0) is 0 Å². The molecule has 270 valence electrons. The molecule has 2 aliphatic rings. The van der Waals surface area contributed by atoms with Crippen LogP contribution in [0.1, 0.15) is 34.1 Å². The Kier molecular flexibility index (Phi) is 7.97. The van der Waals surface area contributed by atoms with Crippen LogP contribution in [0, 0.1) is 0 Å². The lowest BCUT2D eigenvalue weighted by atomic mass is 9.96. The molecule has 8 nitrogen and oxygen atoms in total. The lowest BCUT2D eigenvalue weighted by molar-refractivity contribution is 0.720. The van der Waals surface area contributed by atoms with Crippen LogP contribution in [0.2, 0.25) is 0 Å². The Labute approximate surface area is 321 Å². The number of rotatable bonds is 9. The van der Waals surface area contributed by atoms with Gasteiger partial charge in [-0.05, 0) is 107 Å². The van der Waals surface area contributed by atoms with E-state index in [-0.39, 0.29) is 0 Å². The molecule has 0 fully saturated rings. The van der Waals surface area contributed by atoms with Crippen molar-refractivity contribution in [2.45, 2.75) is 11.8 Å². The highest BCUT2D eigenvalue weighted by Gasteiger charge is 2.30. The van der Waals surface area contributed by atoms with Gasteiger partial charge in [-0.3, -0.25) is 4.57 Å². The molecule has 10 rings (SSSR count). The molecule has 0 saturated heterocycles. The van der Waals surface area contributed by atoms with E-state index in [1.165, 1.54) is 44.5 Å². The lowest BCUT2D eigenvalue weighted by Crippen LogP contribution is -2.17. The minimum atomic E-state index is 0.312. The molecule has 0 amide bonds. The average Bonchev–Trinajstić information content (AvgIpc) is 3.85. The highest BCUT2D eigenvalue weighted by atomic mass is 15.3. The molecule has 0 aliphatic heterocycles. The fraction of sp³-hybridized carbons (Fsp3) is 0.170. The third-order valence-corrected chi connectivity index (χ3v) is 11.8. The Bertz CT molecular complexity index is 2590. The standard InChI is InChI=1S/C47H42N8/c1-48-27-43-35-11-7-5-9-33(35)37-17-13-29(23-41(37)43)53(3)31-15-19-39-40-20-16-32(26-46(40)55(45(39)25-31)47-50-21-22-51-52-47)54(4)30-14-18-38-34-10-6-8-12-36(34)44(28-49-2)42(38)24-30/h5-26,43-44,48-49H,27-28H2,1-4H3. The smallest absolute Gasteiger partial charge is 0.254 e. The fourth-order valence-corrected chi connectivity index (χ4v) is 9.13. The molecule has 8 heteroatoms. The second-order valence-corrected chi connectivity index (χ2v) is 14.7. The number of likely N-dealkylation sites (N-methyl/N-ethyl adjacent to an activating group) is 2. The normalized spacial score (nSPS) is 15.2. The van der Waals surface area contributed by atoms with Crippen molar-refractivity contribution in [2.24, 2.45) is 0 Å². The minimum Gasteiger partial charge on any atom is -0.345 e. The molecule has 0 bridgehead atoms. The van der Waals surface area contributed by atoms with Crippen LogP contribution >= 0.6 is 0 Å². The Balaban J connectivity index is 1.05. The maximum Gasteiger partial charge on any atom is 0.254 e. The van der Waals surface area contributed by atoms with Gasteiger partial charge in [0.1, 0.15) is 0 Å². The van der Waals surface area contributed by atoms with Gasteiger partial charge in [0.15, 0.2) is 0 Å². The van der Waals surface area contributed by atoms with Gasteiger partial charge in [0.25, 0.3) is 5.95 Å². The van der Waals surface area contributed by atoms with Crippen LogP contribution in [-0.4, -0.2) is 61.0 Å². The first-order chi connectivity index (χ1) is 27.0. The number of hydrogen-bond acceptors (Lipinski definition) is 7. The third-order valence-electron chi connectivity index (χ3n) is 11.8. The van der Waals surface area contributed by atoms with Gasteiger partial charge in [-0.1, -0.05) is 72.8 Å². The van der Waals surface area contributed by atoms with E-state index in [4.69, 9.17) is 4.98 Å². The maximum atomic E-state index is 4.71. The molecular weight excluding hydrogens is 677 g/mol. The highest BCUT2D eigenvalue weighted by Crippen LogP contribution is 2.48. The molecule has 2 aliphatic carbocycles. The van der Waals surface area contributed by atoms with Gasteiger partial charge in [-0.2, -0.15) is 5.10 Å². The predicted octanol–water partition coefficient (Wildman–Crippen LogP) is 9.17. The second-order valence-electron chi connectivity index (χ2n) is 14.7. The van der Waals surface area contributed by atoms with Crippen molar-refractivity contribution in [3.05, 3.63) is 156 Å². The Morgan fingerprint density at radius 2 is 0.982 bits per heavy atom. The molecule has 2 heterocycles.